The summed E-state index contributed by atoms with van der Waals surface area (Å²) in [5, 5.41) is 13.5. The molecule has 110 valence electrons. The van der Waals surface area contributed by atoms with Crippen molar-refractivity contribution in [1.82, 2.24) is 10.2 Å². The molecule has 2 fully saturated rings. The van der Waals surface area contributed by atoms with Crippen molar-refractivity contribution >= 4 is 5.91 Å². The highest BCUT2D eigenvalue weighted by atomic mass is 16.3. The van der Waals surface area contributed by atoms with Gasteiger partial charge in [0.2, 0.25) is 5.91 Å². The Morgan fingerprint density at radius 1 is 1.42 bits per heavy atom. The van der Waals surface area contributed by atoms with Crippen molar-refractivity contribution in [1.29, 1.82) is 0 Å². The topological polar surface area (TPSA) is 52.6 Å². The second-order valence-electron chi connectivity index (χ2n) is 6.57. The van der Waals surface area contributed by atoms with Gasteiger partial charge in [0.1, 0.15) is 0 Å². The van der Waals surface area contributed by atoms with Gasteiger partial charge in [-0.25, -0.2) is 0 Å². The predicted octanol–water partition coefficient (Wildman–Crippen LogP) is 1.53. The maximum atomic E-state index is 11.7. The molecule has 0 spiro atoms. The number of hydrogen-bond donors (Lipinski definition) is 2. The number of rotatable bonds is 4. The van der Waals surface area contributed by atoms with Gasteiger partial charge in [0.15, 0.2) is 0 Å². The fourth-order valence-corrected chi connectivity index (χ4v) is 3.50. The first-order chi connectivity index (χ1) is 8.99. The lowest BCUT2D eigenvalue weighted by molar-refractivity contribution is -0.123. The molecule has 0 aromatic rings. The predicted molar refractivity (Wildman–Crippen MR) is 75.9 cm³/mol. The van der Waals surface area contributed by atoms with E-state index in [0.29, 0.717) is 12.3 Å². The monoisotopic (exact) mass is 268 g/mol. The van der Waals surface area contributed by atoms with Crippen molar-refractivity contribution in [2.75, 3.05) is 19.6 Å². The van der Waals surface area contributed by atoms with Crippen LogP contribution in [0.25, 0.3) is 0 Å². The molecule has 4 nitrogen and oxygen atoms in total. The van der Waals surface area contributed by atoms with E-state index in [0.717, 1.165) is 38.9 Å². The summed E-state index contributed by atoms with van der Waals surface area (Å²) in [7, 11) is 0. The minimum absolute atomic E-state index is 0.138. The lowest BCUT2D eigenvalue weighted by Gasteiger charge is -2.47. The van der Waals surface area contributed by atoms with Crippen molar-refractivity contribution in [3.63, 3.8) is 0 Å². The second kappa shape index (κ2) is 6.23. The molecule has 1 heterocycles. The summed E-state index contributed by atoms with van der Waals surface area (Å²) in [4.78, 5) is 14.0. The minimum atomic E-state index is -0.408. The minimum Gasteiger partial charge on any atom is -0.390 e. The maximum Gasteiger partial charge on any atom is 0.221 e. The average molecular weight is 268 g/mol. The number of likely N-dealkylation sites (tertiary alicyclic amines) is 1. The molecule has 2 unspecified atom stereocenters. The third-order valence-corrected chi connectivity index (χ3v) is 4.62. The van der Waals surface area contributed by atoms with Crippen molar-refractivity contribution in [2.24, 2.45) is 5.92 Å². The molecule has 2 rings (SSSR count). The van der Waals surface area contributed by atoms with Crippen molar-refractivity contribution in [3.8, 4) is 0 Å². The molecule has 0 aromatic carbocycles. The number of amides is 1. The SMILES string of the molecule is CC(C)NC(=O)CCN1CCC2(O)CCCCC2C1. The molecule has 2 atom stereocenters. The van der Waals surface area contributed by atoms with E-state index >= 15 is 0 Å². The van der Waals surface area contributed by atoms with Gasteiger partial charge in [0.25, 0.3) is 0 Å². The Labute approximate surface area is 116 Å². The summed E-state index contributed by atoms with van der Waals surface area (Å²) in [5.74, 6) is 0.558. The Balaban J connectivity index is 1.76. The molecule has 2 N–H and O–H groups in total. The van der Waals surface area contributed by atoms with Gasteiger partial charge >= 0.3 is 0 Å². The molecule has 0 aromatic heterocycles. The van der Waals surface area contributed by atoms with Crippen LogP contribution in [-0.4, -0.2) is 47.2 Å². The van der Waals surface area contributed by atoms with Gasteiger partial charge in [-0.05, 0) is 33.1 Å². The van der Waals surface area contributed by atoms with Gasteiger partial charge in [-0.2, -0.15) is 0 Å². The van der Waals surface area contributed by atoms with E-state index in [2.05, 4.69) is 10.2 Å². The Hall–Kier alpha value is -0.610. The molecular weight excluding hydrogens is 240 g/mol. The van der Waals surface area contributed by atoms with Crippen LogP contribution in [-0.2, 0) is 4.79 Å². The number of nitrogens with zero attached hydrogens (tertiary/aromatic N) is 1. The molecule has 4 heteroatoms. The molecule has 0 bridgehead atoms. The fraction of sp³-hybridized carbons (Fsp3) is 0.933. The average Bonchev–Trinajstić information content (AvgIpc) is 2.35. The number of nitrogens with one attached hydrogen (secondary N) is 1. The zero-order valence-electron chi connectivity index (χ0n) is 12.3. The smallest absolute Gasteiger partial charge is 0.221 e. The van der Waals surface area contributed by atoms with E-state index in [4.69, 9.17) is 0 Å². The first kappa shape index (κ1) is 14.8. The van der Waals surface area contributed by atoms with Gasteiger partial charge in [-0.1, -0.05) is 12.8 Å². The highest BCUT2D eigenvalue weighted by molar-refractivity contribution is 5.76. The van der Waals surface area contributed by atoms with Crippen LogP contribution in [0.1, 0.15) is 52.4 Å². The standard InChI is InChI=1S/C15H28N2O2/c1-12(2)16-14(18)6-9-17-10-8-15(19)7-4-3-5-13(15)11-17/h12-13,19H,3-11H2,1-2H3,(H,16,18). The third kappa shape index (κ3) is 3.93. The van der Waals surface area contributed by atoms with Crippen LogP contribution >= 0.6 is 0 Å². The van der Waals surface area contributed by atoms with E-state index in [1.165, 1.54) is 12.8 Å². The number of fused-ring (bicyclic) bond motifs is 1. The Bertz CT molecular complexity index is 319. The number of carbonyl (C=O) groups excluding carboxylic acids is 1. The molecule has 1 saturated carbocycles. The van der Waals surface area contributed by atoms with Crippen LogP contribution in [0, 0.1) is 5.92 Å². The summed E-state index contributed by atoms with van der Waals surface area (Å²) in [6.07, 6.45) is 5.98. The molecule has 1 aliphatic carbocycles. The molecule has 2 aliphatic rings. The summed E-state index contributed by atoms with van der Waals surface area (Å²) < 4.78 is 0. The van der Waals surface area contributed by atoms with Crippen LogP contribution in [0.4, 0.5) is 0 Å². The lowest BCUT2D eigenvalue weighted by Crippen LogP contribution is -2.53. The quantitative estimate of drug-likeness (QED) is 0.813. The molecule has 19 heavy (non-hydrogen) atoms. The van der Waals surface area contributed by atoms with Gasteiger partial charge in [0.05, 0.1) is 5.60 Å². The largest absolute Gasteiger partial charge is 0.390 e. The third-order valence-electron chi connectivity index (χ3n) is 4.62. The van der Waals surface area contributed by atoms with Crippen molar-refractivity contribution < 1.29 is 9.90 Å². The van der Waals surface area contributed by atoms with Gasteiger partial charge in [0, 0.05) is 38.0 Å². The van der Waals surface area contributed by atoms with Crippen LogP contribution < -0.4 is 5.32 Å². The van der Waals surface area contributed by atoms with E-state index in [9.17, 15) is 9.90 Å². The Morgan fingerprint density at radius 2 is 2.21 bits per heavy atom. The first-order valence-corrected chi connectivity index (χ1v) is 7.74. The molecule has 0 radical (unpaired) electrons. The van der Waals surface area contributed by atoms with Crippen LogP contribution in [0.15, 0.2) is 0 Å². The zero-order chi connectivity index (χ0) is 13.9. The second-order valence-corrected chi connectivity index (χ2v) is 6.57. The summed E-state index contributed by atoms with van der Waals surface area (Å²) >= 11 is 0. The molecule has 1 amide bonds. The normalized spacial score (nSPS) is 32.1. The van der Waals surface area contributed by atoms with E-state index in [-0.39, 0.29) is 11.9 Å². The summed E-state index contributed by atoms with van der Waals surface area (Å²) in [6.45, 7) is 6.69. The van der Waals surface area contributed by atoms with E-state index in [1.807, 2.05) is 13.8 Å². The van der Waals surface area contributed by atoms with E-state index in [1.54, 1.807) is 0 Å². The van der Waals surface area contributed by atoms with Crippen LogP contribution in [0.2, 0.25) is 0 Å². The highest BCUT2D eigenvalue weighted by Crippen LogP contribution is 2.39. The highest BCUT2D eigenvalue weighted by Gasteiger charge is 2.42. The van der Waals surface area contributed by atoms with Crippen molar-refractivity contribution in [2.45, 2.75) is 64.0 Å². The summed E-state index contributed by atoms with van der Waals surface area (Å²) in [5.41, 5.74) is -0.408. The first-order valence-electron chi connectivity index (χ1n) is 7.74. The van der Waals surface area contributed by atoms with Gasteiger partial charge < -0.3 is 15.3 Å². The number of carbonyl (C=O) groups is 1. The molecule has 1 aliphatic heterocycles. The van der Waals surface area contributed by atoms with Crippen molar-refractivity contribution in [3.05, 3.63) is 0 Å². The van der Waals surface area contributed by atoms with Crippen LogP contribution in [0.3, 0.4) is 0 Å². The molecular formula is C15H28N2O2. The molecule has 1 saturated heterocycles. The maximum absolute atomic E-state index is 11.7. The van der Waals surface area contributed by atoms with Gasteiger partial charge in [-0.3, -0.25) is 4.79 Å². The lowest BCUT2D eigenvalue weighted by atomic mass is 9.71. The van der Waals surface area contributed by atoms with E-state index < -0.39 is 5.60 Å². The van der Waals surface area contributed by atoms with Crippen LogP contribution in [0.5, 0.6) is 0 Å². The Morgan fingerprint density at radius 3 is 2.95 bits per heavy atom. The fourth-order valence-electron chi connectivity index (χ4n) is 3.50. The zero-order valence-corrected chi connectivity index (χ0v) is 12.3. The number of hydrogen-bond acceptors (Lipinski definition) is 3. The number of aliphatic hydroxyl groups is 1. The number of piperidine rings is 1. The van der Waals surface area contributed by atoms with Gasteiger partial charge in [-0.15, -0.1) is 0 Å². The Kier molecular flexibility index (Phi) is 4.85. The summed E-state index contributed by atoms with van der Waals surface area (Å²) in [6, 6.07) is 0.220.